The lowest BCUT2D eigenvalue weighted by Crippen LogP contribution is -2.45. The number of likely N-dealkylation sites (tertiary alicyclic amines) is 1. The minimum atomic E-state index is 0.289. The Morgan fingerprint density at radius 1 is 1.40 bits per heavy atom. The zero-order valence-corrected chi connectivity index (χ0v) is 10.2. The van der Waals surface area contributed by atoms with Crippen LogP contribution in [-0.2, 0) is 0 Å². The average molecular weight is 212 g/mol. The van der Waals surface area contributed by atoms with Crippen LogP contribution in [0.15, 0.2) is 4.99 Å². The van der Waals surface area contributed by atoms with Crippen molar-refractivity contribution in [1.29, 1.82) is 0 Å². The molecule has 1 heterocycles. The standard InChI is InChI=1S/C11H24N4/c1-9(2)13-11(14-12)15-7-4-5-10(3)6-8-15/h9-10H,4-8,12H2,1-3H3,(H,13,14). The molecule has 0 amide bonds. The number of nitrogens with one attached hydrogen (secondary N) is 1. The number of hydrogen-bond acceptors (Lipinski definition) is 2. The Hall–Kier alpha value is -0.770. The van der Waals surface area contributed by atoms with Crippen LogP contribution >= 0.6 is 0 Å². The first-order chi connectivity index (χ1) is 7.13. The molecule has 0 spiro atoms. The van der Waals surface area contributed by atoms with Gasteiger partial charge in [-0.3, -0.25) is 5.43 Å². The lowest BCUT2D eigenvalue weighted by Gasteiger charge is -2.24. The van der Waals surface area contributed by atoms with Crippen molar-refractivity contribution in [2.45, 2.75) is 46.1 Å². The highest BCUT2D eigenvalue weighted by Crippen LogP contribution is 2.16. The third-order valence-corrected chi connectivity index (χ3v) is 2.83. The molecule has 1 aliphatic rings. The van der Waals surface area contributed by atoms with Crippen LogP contribution < -0.4 is 11.3 Å². The summed E-state index contributed by atoms with van der Waals surface area (Å²) in [5, 5.41) is 0. The van der Waals surface area contributed by atoms with Gasteiger partial charge in [0.15, 0.2) is 0 Å². The lowest BCUT2D eigenvalue weighted by molar-refractivity contribution is 0.407. The van der Waals surface area contributed by atoms with Gasteiger partial charge in [0, 0.05) is 19.1 Å². The first kappa shape index (κ1) is 12.3. The molecular weight excluding hydrogens is 188 g/mol. The minimum Gasteiger partial charge on any atom is -0.342 e. The van der Waals surface area contributed by atoms with Crippen LogP contribution in [0.3, 0.4) is 0 Å². The molecule has 0 aromatic carbocycles. The van der Waals surface area contributed by atoms with E-state index in [1.54, 1.807) is 0 Å². The highest BCUT2D eigenvalue weighted by molar-refractivity contribution is 5.79. The van der Waals surface area contributed by atoms with Crippen LogP contribution in [-0.4, -0.2) is 30.0 Å². The fourth-order valence-corrected chi connectivity index (χ4v) is 1.93. The highest BCUT2D eigenvalue weighted by Gasteiger charge is 2.16. The van der Waals surface area contributed by atoms with Gasteiger partial charge in [-0.1, -0.05) is 6.92 Å². The highest BCUT2D eigenvalue weighted by atomic mass is 15.4. The molecule has 0 saturated carbocycles. The van der Waals surface area contributed by atoms with Crippen LogP contribution in [0.1, 0.15) is 40.0 Å². The van der Waals surface area contributed by atoms with Crippen LogP contribution in [0.4, 0.5) is 0 Å². The number of nitrogens with zero attached hydrogens (tertiary/aromatic N) is 2. The van der Waals surface area contributed by atoms with Gasteiger partial charge in [0.1, 0.15) is 0 Å². The molecule has 88 valence electrons. The predicted octanol–water partition coefficient (Wildman–Crippen LogP) is 1.34. The van der Waals surface area contributed by atoms with Crippen molar-refractivity contribution in [2.75, 3.05) is 13.1 Å². The Morgan fingerprint density at radius 3 is 2.73 bits per heavy atom. The van der Waals surface area contributed by atoms with Crippen molar-refractivity contribution in [1.82, 2.24) is 10.3 Å². The topological polar surface area (TPSA) is 53.6 Å². The number of guanidine groups is 1. The van der Waals surface area contributed by atoms with E-state index in [1.807, 2.05) is 0 Å². The summed E-state index contributed by atoms with van der Waals surface area (Å²) in [6.07, 6.45) is 3.79. The van der Waals surface area contributed by atoms with Crippen LogP contribution in [0.2, 0.25) is 0 Å². The van der Waals surface area contributed by atoms with Gasteiger partial charge in [0.2, 0.25) is 5.96 Å². The summed E-state index contributed by atoms with van der Waals surface area (Å²) in [4.78, 5) is 6.76. The average Bonchev–Trinajstić information content (AvgIpc) is 2.39. The Bertz CT molecular complexity index is 213. The summed E-state index contributed by atoms with van der Waals surface area (Å²) >= 11 is 0. The number of rotatable bonds is 1. The minimum absolute atomic E-state index is 0.289. The molecule has 15 heavy (non-hydrogen) atoms. The first-order valence-corrected chi connectivity index (χ1v) is 5.93. The summed E-state index contributed by atoms with van der Waals surface area (Å²) in [6, 6.07) is 0.289. The van der Waals surface area contributed by atoms with E-state index in [0.29, 0.717) is 0 Å². The van der Waals surface area contributed by atoms with Crippen LogP contribution in [0.25, 0.3) is 0 Å². The molecule has 3 N–H and O–H groups in total. The zero-order valence-electron chi connectivity index (χ0n) is 10.2. The maximum atomic E-state index is 5.52. The van der Waals surface area contributed by atoms with E-state index in [4.69, 9.17) is 5.84 Å². The molecule has 1 unspecified atom stereocenters. The summed E-state index contributed by atoms with van der Waals surface area (Å²) < 4.78 is 0. The molecule has 0 aliphatic carbocycles. The summed E-state index contributed by atoms with van der Waals surface area (Å²) in [5.41, 5.74) is 2.72. The van der Waals surface area contributed by atoms with Gasteiger partial charge in [-0.25, -0.2) is 10.8 Å². The van der Waals surface area contributed by atoms with E-state index >= 15 is 0 Å². The lowest BCUT2D eigenvalue weighted by atomic mass is 10.0. The summed E-state index contributed by atoms with van der Waals surface area (Å²) in [5.74, 6) is 7.19. The van der Waals surface area contributed by atoms with Crippen molar-refractivity contribution >= 4 is 5.96 Å². The second kappa shape index (κ2) is 5.95. The number of hydrazine groups is 1. The van der Waals surface area contributed by atoms with Crippen molar-refractivity contribution in [3.05, 3.63) is 0 Å². The maximum Gasteiger partial charge on any atom is 0.208 e. The van der Waals surface area contributed by atoms with Gasteiger partial charge in [-0.05, 0) is 39.0 Å². The Morgan fingerprint density at radius 2 is 2.13 bits per heavy atom. The molecule has 0 bridgehead atoms. The molecule has 1 aliphatic heterocycles. The fraction of sp³-hybridized carbons (Fsp3) is 0.909. The smallest absolute Gasteiger partial charge is 0.208 e. The number of nitrogens with two attached hydrogens (primary N) is 1. The molecule has 0 radical (unpaired) electrons. The summed E-state index contributed by atoms with van der Waals surface area (Å²) in [6.45, 7) is 8.59. The van der Waals surface area contributed by atoms with Crippen molar-refractivity contribution in [3.8, 4) is 0 Å². The Balaban J connectivity index is 2.59. The fourth-order valence-electron chi connectivity index (χ4n) is 1.93. The zero-order chi connectivity index (χ0) is 11.3. The largest absolute Gasteiger partial charge is 0.342 e. The van der Waals surface area contributed by atoms with Crippen LogP contribution in [0.5, 0.6) is 0 Å². The molecule has 1 rings (SSSR count). The molecule has 4 heteroatoms. The second-order valence-electron chi connectivity index (χ2n) is 4.71. The van der Waals surface area contributed by atoms with E-state index in [0.717, 1.165) is 25.0 Å². The Labute approximate surface area is 92.9 Å². The second-order valence-corrected chi connectivity index (χ2v) is 4.71. The van der Waals surface area contributed by atoms with Gasteiger partial charge in [-0.15, -0.1) is 0 Å². The van der Waals surface area contributed by atoms with Crippen molar-refractivity contribution in [2.24, 2.45) is 16.8 Å². The maximum absolute atomic E-state index is 5.52. The van der Waals surface area contributed by atoms with Crippen molar-refractivity contribution < 1.29 is 0 Å². The SMILES string of the molecule is CC1CCCN(C(=NC(C)C)NN)CC1. The summed E-state index contributed by atoms with van der Waals surface area (Å²) in [7, 11) is 0. The van der Waals surface area contributed by atoms with Gasteiger partial charge in [0.25, 0.3) is 0 Å². The van der Waals surface area contributed by atoms with Gasteiger partial charge < -0.3 is 4.90 Å². The molecule has 1 fully saturated rings. The van der Waals surface area contributed by atoms with Gasteiger partial charge in [-0.2, -0.15) is 0 Å². The van der Waals surface area contributed by atoms with E-state index in [2.05, 4.69) is 36.1 Å². The quantitative estimate of drug-likeness (QED) is 0.298. The van der Waals surface area contributed by atoms with Gasteiger partial charge in [0.05, 0.1) is 0 Å². The number of hydrogen-bond donors (Lipinski definition) is 2. The molecule has 0 aromatic rings. The molecule has 1 saturated heterocycles. The Kier molecular flexibility index (Phi) is 4.88. The predicted molar refractivity (Wildman–Crippen MR) is 64.5 cm³/mol. The third-order valence-electron chi connectivity index (χ3n) is 2.83. The van der Waals surface area contributed by atoms with E-state index < -0.39 is 0 Å². The molecule has 1 atom stereocenters. The number of aliphatic imine (C=N–C) groups is 1. The van der Waals surface area contributed by atoms with E-state index in [9.17, 15) is 0 Å². The van der Waals surface area contributed by atoms with Crippen molar-refractivity contribution in [3.63, 3.8) is 0 Å². The monoisotopic (exact) mass is 212 g/mol. The van der Waals surface area contributed by atoms with E-state index in [1.165, 1.54) is 19.3 Å². The third kappa shape index (κ3) is 4.08. The van der Waals surface area contributed by atoms with Gasteiger partial charge >= 0.3 is 0 Å². The molecule has 0 aromatic heterocycles. The van der Waals surface area contributed by atoms with Crippen LogP contribution in [0, 0.1) is 5.92 Å². The normalized spacial score (nSPS) is 24.2. The molecular formula is C11H24N4. The van der Waals surface area contributed by atoms with E-state index in [-0.39, 0.29) is 6.04 Å². The molecule has 4 nitrogen and oxygen atoms in total. The first-order valence-electron chi connectivity index (χ1n) is 5.93.